The molecule has 8 heteroatoms. The predicted octanol–water partition coefficient (Wildman–Crippen LogP) is 3.54. The van der Waals surface area contributed by atoms with Crippen LogP contribution in [-0.2, 0) is 4.79 Å². The normalized spacial score (nSPS) is 16.4. The molecular formula is C19H27N5OS2. The number of aromatic nitrogens is 2. The lowest BCUT2D eigenvalue weighted by Gasteiger charge is -2.35. The Morgan fingerprint density at radius 1 is 1.22 bits per heavy atom. The van der Waals surface area contributed by atoms with Crippen LogP contribution in [0.15, 0.2) is 22.5 Å². The van der Waals surface area contributed by atoms with Crippen molar-refractivity contribution in [2.45, 2.75) is 37.3 Å². The number of amides is 1. The highest BCUT2D eigenvalue weighted by atomic mass is 32.2. The van der Waals surface area contributed by atoms with Gasteiger partial charge in [0.15, 0.2) is 4.34 Å². The highest BCUT2D eigenvalue weighted by Crippen LogP contribution is 2.31. The fourth-order valence-electron chi connectivity index (χ4n) is 2.99. The van der Waals surface area contributed by atoms with Crippen molar-refractivity contribution in [3.05, 3.63) is 29.3 Å². The van der Waals surface area contributed by atoms with Crippen molar-refractivity contribution in [2.24, 2.45) is 0 Å². The Labute approximate surface area is 169 Å². The minimum atomic E-state index is -0.152. The monoisotopic (exact) mass is 405 g/mol. The van der Waals surface area contributed by atoms with Crippen LogP contribution in [0.3, 0.4) is 0 Å². The molecule has 0 spiro atoms. The topological polar surface area (TPSA) is 61.4 Å². The number of nitrogens with one attached hydrogen (secondary N) is 1. The van der Waals surface area contributed by atoms with Crippen molar-refractivity contribution < 1.29 is 4.79 Å². The third-order valence-corrected chi connectivity index (χ3v) is 6.93. The maximum absolute atomic E-state index is 12.7. The molecule has 3 rings (SSSR count). The van der Waals surface area contributed by atoms with E-state index in [1.807, 2.05) is 17.9 Å². The van der Waals surface area contributed by atoms with Gasteiger partial charge in [0.1, 0.15) is 0 Å². The largest absolute Gasteiger partial charge is 0.339 e. The lowest BCUT2D eigenvalue weighted by molar-refractivity contribution is -0.132. The van der Waals surface area contributed by atoms with E-state index in [0.717, 1.165) is 47.9 Å². The predicted molar refractivity (Wildman–Crippen MR) is 113 cm³/mol. The first-order valence-electron chi connectivity index (χ1n) is 9.32. The summed E-state index contributed by atoms with van der Waals surface area (Å²) in [5, 5.41) is 12.3. The zero-order chi connectivity index (χ0) is 19.4. The summed E-state index contributed by atoms with van der Waals surface area (Å²) in [6.45, 7) is 12.9. The number of piperazine rings is 1. The molecule has 2 aromatic rings. The highest BCUT2D eigenvalue weighted by molar-refractivity contribution is 8.02. The number of benzene rings is 1. The maximum Gasteiger partial charge on any atom is 0.235 e. The Kier molecular flexibility index (Phi) is 6.73. The zero-order valence-corrected chi connectivity index (χ0v) is 18.0. The molecular weight excluding hydrogens is 378 g/mol. The number of hydrogen-bond donors (Lipinski definition) is 1. The first kappa shape index (κ1) is 20.1. The molecule has 0 saturated carbocycles. The first-order valence-corrected chi connectivity index (χ1v) is 11.0. The van der Waals surface area contributed by atoms with Crippen LogP contribution < -0.4 is 5.32 Å². The Balaban J connectivity index is 1.55. The Bertz CT molecular complexity index is 786. The number of hydrogen-bond acceptors (Lipinski definition) is 7. The van der Waals surface area contributed by atoms with E-state index < -0.39 is 0 Å². The highest BCUT2D eigenvalue weighted by Gasteiger charge is 2.26. The molecule has 1 fully saturated rings. The van der Waals surface area contributed by atoms with Gasteiger partial charge in [0.05, 0.1) is 5.25 Å². The quantitative estimate of drug-likeness (QED) is 0.742. The number of likely N-dealkylation sites (N-methyl/N-ethyl adjacent to an activating group) is 1. The summed E-state index contributed by atoms with van der Waals surface area (Å²) in [4.78, 5) is 17.0. The average molecular weight is 406 g/mol. The second kappa shape index (κ2) is 9.03. The van der Waals surface area contributed by atoms with Gasteiger partial charge in [-0.1, -0.05) is 36.1 Å². The van der Waals surface area contributed by atoms with Crippen molar-refractivity contribution in [1.82, 2.24) is 20.0 Å². The Hall–Kier alpha value is -1.64. The molecule has 1 saturated heterocycles. The molecule has 1 aromatic heterocycles. The standard InChI is InChI=1S/C19H27N5OS2/c1-5-23-8-10-24(11-9-23)17(25)15(4)26-19-22-21-18(27-19)20-16-7-6-13(2)14(3)12-16/h6-7,12,15H,5,8-11H2,1-4H3,(H,20,21)/t15-/m0/s1. The van der Waals surface area contributed by atoms with Gasteiger partial charge in [-0.05, 0) is 50.6 Å². The number of carbonyl (C=O) groups excluding carboxylic acids is 1. The van der Waals surface area contributed by atoms with Crippen molar-refractivity contribution in [3.8, 4) is 0 Å². The van der Waals surface area contributed by atoms with Crippen LogP contribution in [0.2, 0.25) is 0 Å². The molecule has 0 radical (unpaired) electrons. The van der Waals surface area contributed by atoms with Crippen LogP contribution in [0.4, 0.5) is 10.8 Å². The third kappa shape index (κ3) is 5.21. The van der Waals surface area contributed by atoms with Crippen LogP contribution in [0, 0.1) is 13.8 Å². The summed E-state index contributed by atoms with van der Waals surface area (Å²) in [6.07, 6.45) is 0. The molecule has 2 heterocycles. The van der Waals surface area contributed by atoms with E-state index in [4.69, 9.17) is 0 Å². The summed E-state index contributed by atoms with van der Waals surface area (Å²) >= 11 is 2.97. The minimum Gasteiger partial charge on any atom is -0.339 e. The van der Waals surface area contributed by atoms with Gasteiger partial charge in [-0.3, -0.25) is 4.79 Å². The molecule has 27 heavy (non-hydrogen) atoms. The fourth-order valence-corrected chi connectivity index (χ4v) is 4.99. The minimum absolute atomic E-state index is 0.152. The van der Waals surface area contributed by atoms with E-state index >= 15 is 0 Å². The van der Waals surface area contributed by atoms with E-state index in [9.17, 15) is 4.79 Å². The smallest absolute Gasteiger partial charge is 0.235 e. The summed E-state index contributed by atoms with van der Waals surface area (Å²) in [6, 6.07) is 6.23. The average Bonchev–Trinajstić information content (AvgIpc) is 3.11. The second-order valence-electron chi connectivity index (χ2n) is 6.82. The van der Waals surface area contributed by atoms with E-state index in [0.29, 0.717) is 0 Å². The first-order chi connectivity index (χ1) is 13.0. The van der Waals surface area contributed by atoms with Gasteiger partial charge >= 0.3 is 0 Å². The van der Waals surface area contributed by atoms with E-state index in [2.05, 4.69) is 53.3 Å². The Morgan fingerprint density at radius 3 is 2.63 bits per heavy atom. The van der Waals surface area contributed by atoms with Gasteiger partial charge in [-0.15, -0.1) is 10.2 Å². The van der Waals surface area contributed by atoms with Gasteiger partial charge < -0.3 is 15.1 Å². The van der Waals surface area contributed by atoms with Crippen molar-refractivity contribution in [2.75, 3.05) is 38.0 Å². The van der Waals surface area contributed by atoms with E-state index in [-0.39, 0.29) is 11.2 Å². The summed E-state index contributed by atoms with van der Waals surface area (Å²) in [5.41, 5.74) is 3.51. The van der Waals surface area contributed by atoms with Gasteiger partial charge in [-0.25, -0.2) is 0 Å². The summed E-state index contributed by atoms with van der Waals surface area (Å²) in [5.74, 6) is 0.189. The maximum atomic E-state index is 12.7. The third-order valence-electron chi connectivity index (χ3n) is 4.92. The lowest BCUT2D eigenvalue weighted by Crippen LogP contribution is -2.50. The molecule has 146 valence electrons. The number of nitrogens with zero attached hydrogens (tertiary/aromatic N) is 4. The van der Waals surface area contributed by atoms with Crippen LogP contribution in [-0.4, -0.2) is 63.9 Å². The van der Waals surface area contributed by atoms with E-state index in [1.165, 1.54) is 34.2 Å². The number of aryl methyl sites for hydroxylation is 2. The molecule has 1 aliphatic rings. The van der Waals surface area contributed by atoms with Gasteiger partial charge in [0.25, 0.3) is 0 Å². The molecule has 0 bridgehead atoms. The van der Waals surface area contributed by atoms with Crippen LogP contribution >= 0.6 is 23.1 Å². The lowest BCUT2D eigenvalue weighted by atomic mass is 10.1. The molecule has 1 amide bonds. The second-order valence-corrected chi connectivity index (χ2v) is 9.38. The number of thioether (sulfide) groups is 1. The van der Waals surface area contributed by atoms with Crippen LogP contribution in [0.25, 0.3) is 0 Å². The number of carbonyl (C=O) groups is 1. The van der Waals surface area contributed by atoms with Crippen molar-refractivity contribution in [3.63, 3.8) is 0 Å². The summed E-state index contributed by atoms with van der Waals surface area (Å²) in [7, 11) is 0. The zero-order valence-electron chi connectivity index (χ0n) is 16.4. The molecule has 0 unspecified atom stereocenters. The molecule has 1 atom stereocenters. The van der Waals surface area contributed by atoms with Crippen LogP contribution in [0.5, 0.6) is 0 Å². The fraction of sp³-hybridized carbons (Fsp3) is 0.526. The number of rotatable bonds is 6. The Morgan fingerprint density at radius 2 is 1.96 bits per heavy atom. The SMILES string of the molecule is CCN1CCN(C(=O)[C@H](C)Sc2nnc(Nc3ccc(C)c(C)c3)s2)CC1. The van der Waals surface area contributed by atoms with Crippen molar-refractivity contribution in [1.29, 1.82) is 0 Å². The molecule has 1 aromatic carbocycles. The van der Waals surface area contributed by atoms with Crippen molar-refractivity contribution >= 4 is 39.8 Å². The van der Waals surface area contributed by atoms with Gasteiger partial charge in [0.2, 0.25) is 11.0 Å². The molecule has 1 N–H and O–H groups in total. The molecule has 1 aliphatic heterocycles. The van der Waals surface area contributed by atoms with E-state index in [1.54, 1.807) is 0 Å². The summed E-state index contributed by atoms with van der Waals surface area (Å²) < 4.78 is 0.814. The number of anilines is 2. The molecule has 0 aliphatic carbocycles. The van der Waals surface area contributed by atoms with Gasteiger partial charge in [-0.2, -0.15) is 0 Å². The van der Waals surface area contributed by atoms with Crippen LogP contribution in [0.1, 0.15) is 25.0 Å². The molecule has 6 nitrogen and oxygen atoms in total. The van der Waals surface area contributed by atoms with Gasteiger partial charge in [0, 0.05) is 31.9 Å².